The molecule has 7 heteroatoms. The number of urea groups is 1. The zero-order valence-corrected chi connectivity index (χ0v) is 9.23. The number of carbonyl (C=O) groups is 2. The molecule has 1 atom stereocenters. The Balaban J connectivity index is 3.77. The summed E-state index contributed by atoms with van der Waals surface area (Å²) in [5, 5.41) is 21.9. The van der Waals surface area contributed by atoms with Gasteiger partial charge < -0.3 is 25.6 Å². The van der Waals surface area contributed by atoms with E-state index in [0.29, 0.717) is 19.8 Å². The SMILES string of the molecule is CCOCCNC(=O)N[C@H](CCO)C(=O)O. The molecule has 2 amide bonds. The molecular weight excluding hydrogens is 216 g/mol. The Morgan fingerprint density at radius 1 is 1.44 bits per heavy atom. The lowest BCUT2D eigenvalue weighted by molar-refractivity contribution is -0.139. The highest BCUT2D eigenvalue weighted by Crippen LogP contribution is 1.90. The van der Waals surface area contributed by atoms with Crippen LogP contribution in [0, 0.1) is 0 Å². The Bertz CT molecular complexity index is 222. The second-order valence-electron chi connectivity index (χ2n) is 3.00. The number of aliphatic hydroxyl groups is 1. The van der Waals surface area contributed by atoms with Gasteiger partial charge in [-0.2, -0.15) is 0 Å². The number of aliphatic carboxylic acids is 1. The normalized spacial score (nSPS) is 11.9. The van der Waals surface area contributed by atoms with Crippen LogP contribution in [0.5, 0.6) is 0 Å². The molecule has 4 N–H and O–H groups in total. The molecule has 0 aliphatic rings. The van der Waals surface area contributed by atoms with Gasteiger partial charge in [0, 0.05) is 26.2 Å². The van der Waals surface area contributed by atoms with Crippen molar-refractivity contribution in [3.63, 3.8) is 0 Å². The third-order valence-electron chi connectivity index (χ3n) is 1.76. The number of nitrogens with one attached hydrogen (secondary N) is 2. The van der Waals surface area contributed by atoms with E-state index in [1.807, 2.05) is 6.92 Å². The van der Waals surface area contributed by atoms with Gasteiger partial charge in [0.25, 0.3) is 0 Å². The summed E-state index contributed by atoms with van der Waals surface area (Å²) in [7, 11) is 0. The lowest BCUT2D eigenvalue weighted by Gasteiger charge is -2.13. The highest BCUT2D eigenvalue weighted by Gasteiger charge is 2.18. The quantitative estimate of drug-likeness (QED) is 0.409. The molecular formula is C9H18N2O5. The summed E-state index contributed by atoms with van der Waals surface area (Å²) in [6.07, 6.45) is -0.0196. The number of carbonyl (C=O) groups excluding carboxylic acids is 1. The summed E-state index contributed by atoms with van der Waals surface area (Å²) in [6, 6.07) is -1.65. The van der Waals surface area contributed by atoms with E-state index in [4.69, 9.17) is 14.9 Å². The Morgan fingerprint density at radius 2 is 2.12 bits per heavy atom. The van der Waals surface area contributed by atoms with Crippen molar-refractivity contribution in [3.05, 3.63) is 0 Å². The number of carboxylic acid groups (broad SMARTS) is 1. The zero-order valence-electron chi connectivity index (χ0n) is 9.23. The second-order valence-corrected chi connectivity index (χ2v) is 3.00. The smallest absolute Gasteiger partial charge is 0.326 e. The minimum Gasteiger partial charge on any atom is -0.480 e. The van der Waals surface area contributed by atoms with Gasteiger partial charge in [0.1, 0.15) is 6.04 Å². The lowest BCUT2D eigenvalue weighted by Crippen LogP contribution is -2.47. The first-order valence-corrected chi connectivity index (χ1v) is 5.07. The number of rotatable bonds is 8. The van der Waals surface area contributed by atoms with Crippen molar-refractivity contribution < 1.29 is 24.5 Å². The molecule has 0 aromatic rings. The molecule has 0 heterocycles. The molecule has 0 aliphatic carbocycles. The van der Waals surface area contributed by atoms with Crippen LogP contribution in [0.1, 0.15) is 13.3 Å². The van der Waals surface area contributed by atoms with Crippen molar-refractivity contribution in [2.24, 2.45) is 0 Å². The standard InChI is InChI=1S/C9H18N2O5/c1-2-16-6-4-10-9(15)11-7(3-5-12)8(13)14/h7,12H,2-6H2,1H3,(H,13,14)(H2,10,11,15)/t7-/m1/s1. The van der Waals surface area contributed by atoms with Gasteiger partial charge >= 0.3 is 12.0 Å². The van der Waals surface area contributed by atoms with Crippen molar-refractivity contribution in [2.45, 2.75) is 19.4 Å². The van der Waals surface area contributed by atoms with Crippen LogP contribution in [-0.4, -0.2) is 54.6 Å². The molecule has 0 rings (SSSR count). The maximum atomic E-state index is 11.2. The van der Waals surface area contributed by atoms with Gasteiger partial charge in [-0.05, 0) is 6.92 Å². The van der Waals surface area contributed by atoms with Crippen LogP contribution in [0.2, 0.25) is 0 Å². The monoisotopic (exact) mass is 234 g/mol. The maximum absolute atomic E-state index is 11.2. The Morgan fingerprint density at radius 3 is 2.62 bits per heavy atom. The molecule has 0 aliphatic heterocycles. The summed E-state index contributed by atoms with van der Waals surface area (Å²) >= 11 is 0. The van der Waals surface area contributed by atoms with Crippen molar-refractivity contribution >= 4 is 12.0 Å². The van der Waals surface area contributed by atoms with Crippen LogP contribution >= 0.6 is 0 Å². The topological polar surface area (TPSA) is 108 Å². The van der Waals surface area contributed by atoms with Crippen molar-refractivity contribution in [3.8, 4) is 0 Å². The summed E-state index contributed by atoms with van der Waals surface area (Å²) in [5.74, 6) is -1.17. The van der Waals surface area contributed by atoms with Crippen LogP contribution < -0.4 is 10.6 Å². The third-order valence-corrected chi connectivity index (χ3v) is 1.76. The molecule has 0 aromatic heterocycles. The fraction of sp³-hybridized carbons (Fsp3) is 0.778. The van der Waals surface area contributed by atoms with Crippen LogP contribution in [-0.2, 0) is 9.53 Å². The van der Waals surface area contributed by atoms with Gasteiger partial charge in [0.2, 0.25) is 0 Å². The van der Waals surface area contributed by atoms with Gasteiger partial charge in [-0.25, -0.2) is 9.59 Å². The molecule has 0 saturated heterocycles. The summed E-state index contributed by atoms with van der Waals surface area (Å²) < 4.78 is 4.99. The summed E-state index contributed by atoms with van der Waals surface area (Å²) in [6.45, 7) is 2.79. The number of aliphatic hydroxyl groups excluding tert-OH is 1. The van der Waals surface area contributed by atoms with Crippen LogP contribution in [0.4, 0.5) is 4.79 Å². The number of hydrogen-bond donors (Lipinski definition) is 4. The highest BCUT2D eigenvalue weighted by molar-refractivity contribution is 5.82. The van der Waals surface area contributed by atoms with E-state index in [1.54, 1.807) is 0 Å². The highest BCUT2D eigenvalue weighted by atomic mass is 16.5. The van der Waals surface area contributed by atoms with Crippen molar-refractivity contribution in [2.75, 3.05) is 26.4 Å². The van der Waals surface area contributed by atoms with Gasteiger partial charge in [0.05, 0.1) is 6.61 Å². The molecule has 0 spiro atoms. The number of amides is 2. The predicted octanol–water partition coefficient (Wildman–Crippen LogP) is -0.842. The minimum atomic E-state index is -1.17. The molecule has 94 valence electrons. The Kier molecular flexibility index (Phi) is 8.18. The molecule has 0 radical (unpaired) electrons. The van der Waals surface area contributed by atoms with E-state index in [2.05, 4.69) is 10.6 Å². The molecule has 0 saturated carbocycles. The fourth-order valence-electron chi connectivity index (χ4n) is 0.977. The van der Waals surface area contributed by atoms with Gasteiger partial charge in [-0.15, -0.1) is 0 Å². The first-order chi connectivity index (χ1) is 7.61. The third kappa shape index (κ3) is 7.02. The van der Waals surface area contributed by atoms with E-state index >= 15 is 0 Å². The molecule has 7 nitrogen and oxygen atoms in total. The maximum Gasteiger partial charge on any atom is 0.326 e. The number of ether oxygens (including phenoxy) is 1. The van der Waals surface area contributed by atoms with E-state index < -0.39 is 18.0 Å². The summed E-state index contributed by atoms with van der Waals surface area (Å²) in [5.41, 5.74) is 0. The molecule has 0 fully saturated rings. The van der Waals surface area contributed by atoms with Crippen molar-refractivity contribution in [1.29, 1.82) is 0 Å². The van der Waals surface area contributed by atoms with Crippen molar-refractivity contribution in [1.82, 2.24) is 10.6 Å². The van der Waals surface area contributed by atoms with E-state index in [-0.39, 0.29) is 13.0 Å². The van der Waals surface area contributed by atoms with Gasteiger partial charge in [0.15, 0.2) is 0 Å². The van der Waals surface area contributed by atoms with Crippen LogP contribution in [0.15, 0.2) is 0 Å². The Hall–Kier alpha value is -1.34. The van der Waals surface area contributed by atoms with E-state index in [1.165, 1.54) is 0 Å². The van der Waals surface area contributed by atoms with E-state index in [0.717, 1.165) is 0 Å². The van der Waals surface area contributed by atoms with Crippen LogP contribution in [0.3, 0.4) is 0 Å². The largest absolute Gasteiger partial charge is 0.480 e. The second kappa shape index (κ2) is 8.93. The lowest BCUT2D eigenvalue weighted by atomic mass is 10.2. The average molecular weight is 234 g/mol. The van der Waals surface area contributed by atoms with E-state index in [9.17, 15) is 9.59 Å². The Labute approximate surface area is 93.8 Å². The van der Waals surface area contributed by atoms with Gasteiger partial charge in [-0.3, -0.25) is 0 Å². The first kappa shape index (κ1) is 14.7. The molecule has 0 bridgehead atoms. The molecule has 0 aromatic carbocycles. The first-order valence-electron chi connectivity index (χ1n) is 5.07. The predicted molar refractivity (Wildman–Crippen MR) is 56.2 cm³/mol. The summed E-state index contributed by atoms with van der Waals surface area (Å²) in [4.78, 5) is 21.8. The minimum absolute atomic E-state index is 0.0196. The molecule has 16 heavy (non-hydrogen) atoms. The average Bonchev–Trinajstić information content (AvgIpc) is 2.23. The van der Waals surface area contributed by atoms with Crippen LogP contribution in [0.25, 0.3) is 0 Å². The van der Waals surface area contributed by atoms with Gasteiger partial charge in [-0.1, -0.05) is 0 Å². The fourth-order valence-corrected chi connectivity index (χ4v) is 0.977. The molecule has 0 unspecified atom stereocenters. The number of carboxylic acids is 1. The number of hydrogen-bond acceptors (Lipinski definition) is 4. The zero-order chi connectivity index (χ0) is 12.4.